The average molecular weight is 449 g/mol. The van der Waals surface area contributed by atoms with Gasteiger partial charge in [0, 0.05) is 11.4 Å². The highest BCUT2D eigenvalue weighted by Crippen LogP contribution is 2.34. The fourth-order valence-corrected chi connectivity index (χ4v) is 3.14. The number of hydrogen-bond acceptors (Lipinski definition) is 4. The lowest BCUT2D eigenvalue weighted by Gasteiger charge is -2.15. The molecule has 0 aliphatic rings. The number of carbonyl (C=O) groups excluding carboxylic acids is 2. The molecule has 2 aromatic carbocycles. The molecule has 2 rings (SSSR count). The topological polar surface area (TPSA) is 76.7 Å². The van der Waals surface area contributed by atoms with Crippen LogP contribution in [0.15, 0.2) is 34.8 Å². The molecule has 150 valence electrons. The summed E-state index contributed by atoms with van der Waals surface area (Å²) in [5.74, 6) is 0.830. The Morgan fingerprint density at radius 1 is 0.964 bits per heavy atom. The van der Waals surface area contributed by atoms with Crippen molar-refractivity contribution in [3.8, 4) is 11.5 Å². The van der Waals surface area contributed by atoms with Crippen molar-refractivity contribution >= 4 is 39.1 Å². The Labute approximate surface area is 173 Å². The maximum Gasteiger partial charge on any atom is 0.228 e. The van der Waals surface area contributed by atoms with Crippen molar-refractivity contribution in [2.45, 2.75) is 34.1 Å². The van der Waals surface area contributed by atoms with Gasteiger partial charge in [-0.2, -0.15) is 0 Å². The van der Waals surface area contributed by atoms with Crippen molar-refractivity contribution in [1.82, 2.24) is 0 Å². The van der Waals surface area contributed by atoms with E-state index in [0.717, 1.165) is 15.6 Å². The molecular weight excluding hydrogens is 424 g/mol. The lowest BCUT2D eigenvalue weighted by molar-refractivity contribution is -0.116. The molecule has 2 aromatic rings. The third-order valence-corrected chi connectivity index (χ3v) is 4.56. The molecule has 0 saturated heterocycles. The summed E-state index contributed by atoms with van der Waals surface area (Å²) < 4.78 is 12.0. The number of benzene rings is 2. The number of rotatable bonds is 8. The minimum Gasteiger partial charge on any atom is -0.490 e. The van der Waals surface area contributed by atoms with Gasteiger partial charge in [-0.05, 0) is 56.2 Å². The van der Waals surface area contributed by atoms with Gasteiger partial charge in [-0.1, -0.05) is 22.0 Å². The molecule has 0 aliphatic heterocycles. The molecule has 0 atom stereocenters. The quantitative estimate of drug-likeness (QED) is 0.613. The van der Waals surface area contributed by atoms with E-state index >= 15 is 0 Å². The van der Waals surface area contributed by atoms with Crippen molar-refractivity contribution in [3.63, 3.8) is 0 Å². The van der Waals surface area contributed by atoms with Gasteiger partial charge in [-0.25, -0.2) is 0 Å². The van der Waals surface area contributed by atoms with Crippen LogP contribution >= 0.6 is 15.9 Å². The molecule has 0 aliphatic carbocycles. The monoisotopic (exact) mass is 448 g/mol. The van der Waals surface area contributed by atoms with Crippen molar-refractivity contribution in [1.29, 1.82) is 0 Å². The van der Waals surface area contributed by atoms with E-state index in [9.17, 15) is 9.59 Å². The van der Waals surface area contributed by atoms with Gasteiger partial charge in [0.2, 0.25) is 11.8 Å². The van der Waals surface area contributed by atoms with Crippen LogP contribution in [-0.2, 0) is 16.0 Å². The van der Waals surface area contributed by atoms with Crippen LogP contribution in [0.1, 0.15) is 31.9 Å². The Morgan fingerprint density at radius 2 is 1.61 bits per heavy atom. The van der Waals surface area contributed by atoms with Gasteiger partial charge in [0.05, 0.1) is 31.0 Å². The second kappa shape index (κ2) is 10.1. The number of hydrogen-bond donors (Lipinski definition) is 2. The predicted octanol–water partition coefficient (Wildman–Crippen LogP) is 4.69. The zero-order valence-electron chi connectivity index (χ0n) is 16.5. The first-order valence-electron chi connectivity index (χ1n) is 9.10. The van der Waals surface area contributed by atoms with Crippen LogP contribution in [0.3, 0.4) is 0 Å². The van der Waals surface area contributed by atoms with Gasteiger partial charge in [-0.3, -0.25) is 9.59 Å². The summed E-state index contributed by atoms with van der Waals surface area (Å²) in [6.07, 6.45) is 0.139. The summed E-state index contributed by atoms with van der Waals surface area (Å²) >= 11 is 3.50. The van der Waals surface area contributed by atoms with Gasteiger partial charge in [0.25, 0.3) is 0 Å². The Morgan fingerprint density at radius 3 is 2.21 bits per heavy atom. The molecule has 0 saturated carbocycles. The van der Waals surface area contributed by atoms with Gasteiger partial charge in [0.1, 0.15) is 0 Å². The molecule has 28 heavy (non-hydrogen) atoms. The van der Waals surface area contributed by atoms with Crippen LogP contribution < -0.4 is 20.1 Å². The molecule has 0 spiro atoms. The normalized spacial score (nSPS) is 10.3. The van der Waals surface area contributed by atoms with Crippen LogP contribution in [0.25, 0.3) is 0 Å². The minimum absolute atomic E-state index is 0.139. The second-order valence-corrected chi connectivity index (χ2v) is 7.07. The highest BCUT2D eigenvalue weighted by atomic mass is 79.9. The summed E-state index contributed by atoms with van der Waals surface area (Å²) in [4.78, 5) is 24.0. The largest absolute Gasteiger partial charge is 0.490 e. The fraction of sp³-hybridized carbons (Fsp3) is 0.333. The Bertz CT molecular complexity index is 868. The van der Waals surface area contributed by atoms with Crippen molar-refractivity contribution in [3.05, 3.63) is 45.9 Å². The Kier molecular flexibility index (Phi) is 7.87. The van der Waals surface area contributed by atoms with Crippen LogP contribution in [0.5, 0.6) is 11.5 Å². The third-order valence-electron chi connectivity index (χ3n) is 3.82. The van der Waals surface area contributed by atoms with E-state index in [2.05, 4.69) is 26.6 Å². The molecule has 2 N–H and O–H groups in total. The van der Waals surface area contributed by atoms with E-state index in [0.29, 0.717) is 36.1 Å². The number of aryl methyl sites for hydroxylation is 1. The maximum atomic E-state index is 12.6. The predicted molar refractivity (Wildman–Crippen MR) is 114 cm³/mol. The molecule has 6 nitrogen and oxygen atoms in total. The number of nitrogens with one attached hydrogen (secondary N) is 2. The summed E-state index contributed by atoms with van der Waals surface area (Å²) in [5.41, 5.74) is 2.88. The van der Waals surface area contributed by atoms with E-state index in [1.807, 2.05) is 45.0 Å². The van der Waals surface area contributed by atoms with E-state index in [4.69, 9.17) is 9.47 Å². The smallest absolute Gasteiger partial charge is 0.228 e. The fourth-order valence-electron chi connectivity index (χ4n) is 2.68. The van der Waals surface area contributed by atoms with E-state index in [1.54, 1.807) is 6.07 Å². The van der Waals surface area contributed by atoms with E-state index in [-0.39, 0.29) is 18.2 Å². The van der Waals surface area contributed by atoms with E-state index in [1.165, 1.54) is 6.92 Å². The number of anilines is 2. The van der Waals surface area contributed by atoms with Crippen molar-refractivity contribution < 1.29 is 19.1 Å². The SMILES string of the molecule is CCOc1cc(Br)c(CC(=O)Nc2cc(C)ccc2NC(C)=O)cc1OCC. The molecule has 0 unspecified atom stereocenters. The molecular formula is C21H25BrN2O4. The van der Waals surface area contributed by atoms with Crippen molar-refractivity contribution in [2.75, 3.05) is 23.8 Å². The summed E-state index contributed by atoms with van der Waals surface area (Å²) in [7, 11) is 0. The Hall–Kier alpha value is -2.54. The van der Waals surface area contributed by atoms with Crippen LogP contribution in [-0.4, -0.2) is 25.0 Å². The first kappa shape index (κ1) is 21.8. The second-order valence-electron chi connectivity index (χ2n) is 6.21. The summed E-state index contributed by atoms with van der Waals surface area (Å²) in [5, 5.41) is 5.61. The van der Waals surface area contributed by atoms with Crippen LogP contribution in [0, 0.1) is 6.92 Å². The van der Waals surface area contributed by atoms with Gasteiger partial charge in [0.15, 0.2) is 11.5 Å². The van der Waals surface area contributed by atoms with E-state index < -0.39 is 0 Å². The zero-order chi connectivity index (χ0) is 20.7. The number of halogens is 1. The average Bonchev–Trinajstić information content (AvgIpc) is 2.61. The molecule has 0 fully saturated rings. The highest BCUT2D eigenvalue weighted by Gasteiger charge is 2.15. The Balaban J connectivity index is 2.22. The highest BCUT2D eigenvalue weighted by molar-refractivity contribution is 9.10. The first-order chi connectivity index (χ1) is 13.3. The zero-order valence-corrected chi connectivity index (χ0v) is 18.1. The molecule has 0 bridgehead atoms. The first-order valence-corrected chi connectivity index (χ1v) is 9.89. The minimum atomic E-state index is -0.204. The molecule has 2 amide bonds. The lowest BCUT2D eigenvalue weighted by Crippen LogP contribution is -2.17. The van der Waals surface area contributed by atoms with Gasteiger partial charge < -0.3 is 20.1 Å². The van der Waals surface area contributed by atoms with Gasteiger partial charge >= 0.3 is 0 Å². The summed E-state index contributed by atoms with van der Waals surface area (Å²) in [6, 6.07) is 9.09. The van der Waals surface area contributed by atoms with Crippen LogP contribution in [0.2, 0.25) is 0 Å². The molecule has 0 aromatic heterocycles. The third kappa shape index (κ3) is 5.99. The van der Waals surface area contributed by atoms with Crippen molar-refractivity contribution in [2.24, 2.45) is 0 Å². The number of ether oxygens (including phenoxy) is 2. The van der Waals surface area contributed by atoms with Gasteiger partial charge in [-0.15, -0.1) is 0 Å². The molecule has 7 heteroatoms. The van der Waals surface area contributed by atoms with Crippen LogP contribution in [0.4, 0.5) is 11.4 Å². The standard InChI is InChI=1S/C21H25BrN2O4/c1-5-27-19-10-15(16(22)12-20(19)28-6-2)11-21(26)24-18-9-13(3)7-8-17(18)23-14(4)25/h7-10,12H,5-6,11H2,1-4H3,(H,23,25)(H,24,26). The number of amides is 2. The summed E-state index contributed by atoms with van der Waals surface area (Å²) in [6.45, 7) is 8.16. The molecule has 0 radical (unpaired) electrons. The molecule has 0 heterocycles. The lowest BCUT2D eigenvalue weighted by atomic mass is 10.1. The maximum absolute atomic E-state index is 12.6. The number of carbonyl (C=O) groups is 2.